The fourth-order valence-electron chi connectivity index (χ4n) is 1.32. The van der Waals surface area contributed by atoms with Crippen LogP contribution in [0.2, 0.25) is 0 Å². The lowest BCUT2D eigenvalue weighted by Gasteiger charge is -2.18. The summed E-state index contributed by atoms with van der Waals surface area (Å²) in [4.78, 5) is 10.6. The van der Waals surface area contributed by atoms with Crippen molar-refractivity contribution in [3.8, 4) is 0 Å². The van der Waals surface area contributed by atoms with E-state index >= 15 is 0 Å². The average molecular weight is 157 g/mol. The number of carboxylic acids is 1. The summed E-state index contributed by atoms with van der Waals surface area (Å²) in [5.74, 6) is 0.329. The molecule has 1 rings (SSSR count). The van der Waals surface area contributed by atoms with Gasteiger partial charge < -0.3 is 10.8 Å². The van der Waals surface area contributed by atoms with Crippen LogP contribution in [0.3, 0.4) is 0 Å². The number of carboxylic acid groups (broad SMARTS) is 1. The van der Waals surface area contributed by atoms with E-state index in [0.717, 1.165) is 6.42 Å². The molecular weight excluding hydrogens is 142 g/mol. The minimum Gasteiger partial charge on any atom is -0.480 e. The van der Waals surface area contributed by atoms with Gasteiger partial charge in [-0.15, -0.1) is 0 Å². The lowest BCUT2D eigenvalue weighted by Crippen LogP contribution is -2.45. The molecule has 0 spiro atoms. The van der Waals surface area contributed by atoms with Gasteiger partial charge in [0.15, 0.2) is 0 Å². The number of rotatable bonds is 3. The summed E-state index contributed by atoms with van der Waals surface area (Å²) >= 11 is 0. The van der Waals surface area contributed by atoms with E-state index in [9.17, 15) is 4.79 Å². The third kappa shape index (κ3) is 1.93. The van der Waals surface area contributed by atoms with Crippen LogP contribution in [-0.2, 0) is 4.79 Å². The average Bonchev–Trinajstić information content (AvgIpc) is 2.45. The van der Waals surface area contributed by atoms with Crippen molar-refractivity contribution >= 4 is 5.97 Å². The van der Waals surface area contributed by atoms with Crippen LogP contribution in [0.15, 0.2) is 0 Å². The van der Waals surface area contributed by atoms with Crippen molar-refractivity contribution in [2.75, 3.05) is 0 Å². The maximum absolute atomic E-state index is 10.6. The van der Waals surface area contributed by atoms with Crippen LogP contribution in [0.4, 0.5) is 0 Å². The van der Waals surface area contributed by atoms with Gasteiger partial charge >= 0.3 is 5.97 Å². The summed E-state index contributed by atoms with van der Waals surface area (Å²) < 4.78 is 0. The van der Waals surface area contributed by atoms with Crippen molar-refractivity contribution < 1.29 is 9.90 Å². The summed E-state index contributed by atoms with van der Waals surface area (Å²) in [6.45, 7) is 3.71. The van der Waals surface area contributed by atoms with Gasteiger partial charge in [-0.3, -0.25) is 4.79 Å². The molecule has 0 saturated heterocycles. The van der Waals surface area contributed by atoms with E-state index in [1.807, 2.05) is 0 Å². The number of carbonyl (C=O) groups is 1. The molecule has 0 heterocycles. The quantitative estimate of drug-likeness (QED) is 0.638. The first-order valence-corrected chi connectivity index (χ1v) is 3.96. The zero-order valence-electron chi connectivity index (χ0n) is 7.00. The Balaban J connectivity index is 2.40. The molecule has 0 radical (unpaired) electrons. The summed E-state index contributed by atoms with van der Waals surface area (Å²) in [7, 11) is 0. The van der Waals surface area contributed by atoms with Gasteiger partial charge in [0.2, 0.25) is 0 Å². The Morgan fingerprint density at radius 2 is 2.27 bits per heavy atom. The Labute approximate surface area is 66.6 Å². The van der Waals surface area contributed by atoms with Crippen LogP contribution in [0.25, 0.3) is 0 Å². The van der Waals surface area contributed by atoms with E-state index < -0.39 is 11.5 Å². The molecule has 11 heavy (non-hydrogen) atoms. The maximum atomic E-state index is 10.6. The first-order chi connectivity index (χ1) is 4.93. The predicted molar refractivity (Wildman–Crippen MR) is 42.1 cm³/mol. The Morgan fingerprint density at radius 1 is 1.82 bits per heavy atom. The summed E-state index contributed by atoms with van der Waals surface area (Å²) in [6.07, 6.45) is 1.75. The highest BCUT2D eigenvalue weighted by Gasteiger charge is 2.40. The molecule has 3 nitrogen and oxygen atoms in total. The minimum atomic E-state index is -1.02. The van der Waals surface area contributed by atoms with Gasteiger partial charge in [-0.2, -0.15) is 0 Å². The van der Waals surface area contributed by atoms with Gasteiger partial charge in [0.05, 0.1) is 0 Å². The van der Waals surface area contributed by atoms with Crippen LogP contribution in [0, 0.1) is 11.8 Å². The fourth-order valence-corrected chi connectivity index (χ4v) is 1.32. The zero-order chi connectivity index (χ0) is 8.65. The fraction of sp³-hybridized carbons (Fsp3) is 0.875. The smallest absolute Gasteiger partial charge is 0.323 e. The van der Waals surface area contributed by atoms with Crippen molar-refractivity contribution in [1.29, 1.82) is 0 Å². The van der Waals surface area contributed by atoms with E-state index in [1.165, 1.54) is 0 Å². The number of aliphatic carboxylic acids is 1. The van der Waals surface area contributed by atoms with Gasteiger partial charge in [-0.1, -0.05) is 6.92 Å². The van der Waals surface area contributed by atoms with Gasteiger partial charge in [-0.25, -0.2) is 0 Å². The molecule has 0 amide bonds. The first-order valence-electron chi connectivity index (χ1n) is 3.96. The highest BCUT2D eigenvalue weighted by molar-refractivity contribution is 5.77. The van der Waals surface area contributed by atoms with Gasteiger partial charge in [0.1, 0.15) is 5.54 Å². The van der Waals surface area contributed by atoms with Crippen molar-refractivity contribution in [3.05, 3.63) is 0 Å². The van der Waals surface area contributed by atoms with Crippen LogP contribution in [0.1, 0.15) is 26.7 Å². The van der Waals surface area contributed by atoms with Crippen molar-refractivity contribution in [1.82, 2.24) is 0 Å². The molecule has 1 fully saturated rings. The highest BCUT2D eigenvalue weighted by Crippen LogP contribution is 2.42. The maximum Gasteiger partial charge on any atom is 0.323 e. The van der Waals surface area contributed by atoms with E-state index in [4.69, 9.17) is 10.8 Å². The summed E-state index contributed by atoms with van der Waals surface area (Å²) in [5, 5.41) is 8.68. The topological polar surface area (TPSA) is 63.3 Å². The molecule has 3 N–H and O–H groups in total. The molecule has 3 atom stereocenters. The largest absolute Gasteiger partial charge is 0.480 e. The van der Waals surface area contributed by atoms with E-state index in [-0.39, 0.29) is 0 Å². The SMILES string of the molecule is CC1CC1C[C@](C)(N)C(=O)O. The molecule has 0 bridgehead atoms. The second-order valence-corrected chi connectivity index (χ2v) is 3.90. The van der Waals surface area contributed by atoms with Gasteiger partial charge in [0, 0.05) is 0 Å². The Bertz CT molecular complexity index is 177. The standard InChI is InChI=1S/C8H15NO2/c1-5-3-6(5)4-8(2,9)7(10)11/h5-6H,3-4,9H2,1-2H3,(H,10,11)/t5?,6?,8-/m0/s1. The predicted octanol–water partition coefficient (Wildman–Crippen LogP) is 0.834. The molecule has 64 valence electrons. The molecule has 1 saturated carbocycles. The molecule has 0 aromatic heterocycles. The second-order valence-electron chi connectivity index (χ2n) is 3.90. The monoisotopic (exact) mass is 157 g/mol. The highest BCUT2D eigenvalue weighted by atomic mass is 16.4. The number of hydrogen-bond donors (Lipinski definition) is 2. The van der Waals surface area contributed by atoms with Gasteiger partial charge in [-0.05, 0) is 31.6 Å². The van der Waals surface area contributed by atoms with Gasteiger partial charge in [0.25, 0.3) is 0 Å². The van der Waals surface area contributed by atoms with Crippen molar-refractivity contribution in [2.45, 2.75) is 32.2 Å². The molecule has 1 aliphatic carbocycles. The Morgan fingerprint density at radius 3 is 2.55 bits per heavy atom. The molecule has 0 aromatic carbocycles. The minimum absolute atomic E-state index is 0.543. The van der Waals surface area contributed by atoms with Crippen molar-refractivity contribution in [2.24, 2.45) is 17.6 Å². The second kappa shape index (κ2) is 2.48. The van der Waals surface area contributed by atoms with E-state index in [0.29, 0.717) is 18.3 Å². The Kier molecular flexibility index (Phi) is 1.92. The zero-order valence-corrected chi connectivity index (χ0v) is 7.00. The van der Waals surface area contributed by atoms with E-state index in [2.05, 4.69) is 6.92 Å². The lowest BCUT2D eigenvalue weighted by molar-refractivity contribution is -0.143. The third-order valence-corrected chi connectivity index (χ3v) is 2.45. The van der Waals surface area contributed by atoms with Crippen LogP contribution >= 0.6 is 0 Å². The molecule has 2 unspecified atom stereocenters. The Hall–Kier alpha value is -0.570. The first kappa shape index (κ1) is 8.53. The van der Waals surface area contributed by atoms with Crippen molar-refractivity contribution in [3.63, 3.8) is 0 Å². The number of nitrogens with two attached hydrogens (primary N) is 1. The van der Waals surface area contributed by atoms with Crippen LogP contribution in [-0.4, -0.2) is 16.6 Å². The normalized spacial score (nSPS) is 34.5. The van der Waals surface area contributed by atoms with E-state index in [1.54, 1.807) is 6.92 Å². The van der Waals surface area contributed by atoms with Crippen LogP contribution in [0.5, 0.6) is 0 Å². The molecular formula is C8H15NO2. The molecule has 1 aliphatic rings. The molecule has 3 heteroatoms. The molecule has 0 aromatic rings. The summed E-state index contributed by atoms with van der Waals surface area (Å²) in [5.41, 5.74) is 4.54. The van der Waals surface area contributed by atoms with Crippen LogP contribution < -0.4 is 5.73 Å². The molecule has 0 aliphatic heterocycles. The number of hydrogen-bond acceptors (Lipinski definition) is 2. The lowest BCUT2D eigenvalue weighted by atomic mass is 9.96. The summed E-state index contributed by atoms with van der Waals surface area (Å²) in [6, 6.07) is 0. The third-order valence-electron chi connectivity index (χ3n) is 2.45.